The molecular weight excluding hydrogens is 375 g/mol. The first-order valence-electron chi connectivity index (χ1n) is 6.18. The quantitative estimate of drug-likeness (QED) is 0.489. The highest BCUT2D eigenvalue weighted by Gasteiger charge is 2.20. The van der Waals surface area contributed by atoms with Crippen molar-refractivity contribution in [1.29, 1.82) is 0 Å². The largest absolute Gasteiger partial charge is 0.459 e. The number of nitrogens with one attached hydrogen (secondary N) is 1. The van der Waals surface area contributed by atoms with Gasteiger partial charge in [-0.15, -0.1) is 0 Å². The molecule has 0 aliphatic heterocycles. The average molecular weight is 386 g/mol. The molecule has 1 atom stereocenters. The molecule has 2 aromatic carbocycles. The summed E-state index contributed by atoms with van der Waals surface area (Å²) in [5, 5.41) is 2.22. The molecule has 3 rings (SSSR count). The number of hydrogen-bond acceptors (Lipinski definition) is 3. The van der Waals surface area contributed by atoms with E-state index in [1.54, 1.807) is 12.1 Å². The van der Waals surface area contributed by atoms with Gasteiger partial charge in [0.2, 0.25) is 0 Å². The van der Waals surface area contributed by atoms with Gasteiger partial charge in [0.25, 0.3) is 0 Å². The van der Waals surface area contributed by atoms with Crippen LogP contribution >= 0.6 is 39.1 Å². The normalized spacial score (nSPS) is 12.8. The Balaban J connectivity index is 2.11. The molecular formula is C15H11BrCl2N2O. The summed E-state index contributed by atoms with van der Waals surface area (Å²) in [5.41, 5.74) is 4.42. The third-order valence-electron chi connectivity index (χ3n) is 3.22. The highest BCUT2D eigenvalue weighted by Crippen LogP contribution is 2.33. The van der Waals surface area contributed by atoms with Crippen LogP contribution in [0.3, 0.4) is 0 Å². The lowest BCUT2D eigenvalue weighted by Crippen LogP contribution is -2.28. The minimum atomic E-state index is -0.316. The number of rotatable bonds is 3. The van der Waals surface area contributed by atoms with E-state index in [2.05, 4.69) is 21.4 Å². The number of hydrazine groups is 1. The first-order chi connectivity index (χ1) is 10.1. The van der Waals surface area contributed by atoms with E-state index in [1.165, 1.54) is 0 Å². The Morgan fingerprint density at radius 3 is 2.52 bits per heavy atom. The van der Waals surface area contributed by atoms with Crippen molar-refractivity contribution in [3.63, 3.8) is 0 Å². The van der Waals surface area contributed by atoms with Crippen molar-refractivity contribution in [3.05, 3.63) is 68.3 Å². The van der Waals surface area contributed by atoms with Crippen molar-refractivity contribution >= 4 is 50.1 Å². The van der Waals surface area contributed by atoms with Gasteiger partial charge in [-0.25, -0.2) is 5.43 Å². The summed E-state index contributed by atoms with van der Waals surface area (Å²) in [6.45, 7) is 0. The monoisotopic (exact) mass is 384 g/mol. The number of hydrogen-bond donors (Lipinski definition) is 2. The predicted molar refractivity (Wildman–Crippen MR) is 89.5 cm³/mol. The molecule has 3 nitrogen and oxygen atoms in total. The van der Waals surface area contributed by atoms with Gasteiger partial charge < -0.3 is 4.42 Å². The first kappa shape index (κ1) is 14.9. The third-order valence-corrected chi connectivity index (χ3v) is 4.41. The molecule has 108 valence electrons. The maximum absolute atomic E-state index is 6.07. The molecule has 0 radical (unpaired) electrons. The van der Waals surface area contributed by atoms with Crippen LogP contribution in [-0.4, -0.2) is 0 Å². The summed E-state index contributed by atoms with van der Waals surface area (Å²) in [4.78, 5) is 0. The van der Waals surface area contributed by atoms with Crippen LogP contribution in [0.25, 0.3) is 11.0 Å². The van der Waals surface area contributed by atoms with E-state index in [1.807, 2.05) is 30.3 Å². The molecule has 0 bridgehead atoms. The van der Waals surface area contributed by atoms with Gasteiger partial charge in [0.05, 0.1) is 0 Å². The molecule has 6 heteroatoms. The topological polar surface area (TPSA) is 51.2 Å². The lowest BCUT2D eigenvalue weighted by Gasteiger charge is -2.15. The van der Waals surface area contributed by atoms with E-state index in [4.69, 9.17) is 33.5 Å². The molecule has 3 aromatic rings. The first-order valence-corrected chi connectivity index (χ1v) is 7.73. The van der Waals surface area contributed by atoms with E-state index in [0.29, 0.717) is 15.8 Å². The minimum Gasteiger partial charge on any atom is -0.459 e. The molecule has 0 aliphatic carbocycles. The number of fused-ring (bicyclic) bond motifs is 1. The third kappa shape index (κ3) is 2.96. The fraction of sp³-hybridized carbons (Fsp3) is 0.0667. The molecule has 0 fully saturated rings. The number of halogens is 3. The van der Waals surface area contributed by atoms with Gasteiger partial charge in [-0.3, -0.25) is 5.84 Å². The fourth-order valence-electron chi connectivity index (χ4n) is 2.24. The molecule has 1 aromatic heterocycles. The molecule has 1 unspecified atom stereocenters. The second-order valence-corrected chi connectivity index (χ2v) is 6.32. The van der Waals surface area contributed by atoms with Crippen LogP contribution in [0, 0.1) is 0 Å². The number of nitrogens with two attached hydrogens (primary N) is 1. The lowest BCUT2D eigenvalue weighted by atomic mass is 10.0. The lowest BCUT2D eigenvalue weighted by molar-refractivity contribution is 0.476. The maximum atomic E-state index is 6.07. The van der Waals surface area contributed by atoms with Crippen LogP contribution in [0.2, 0.25) is 10.0 Å². The van der Waals surface area contributed by atoms with Gasteiger partial charge in [0.15, 0.2) is 0 Å². The van der Waals surface area contributed by atoms with E-state index < -0.39 is 0 Å². The smallest absolute Gasteiger partial charge is 0.134 e. The fourth-order valence-corrected chi connectivity index (χ4v) is 3.07. The van der Waals surface area contributed by atoms with Crippen LogP contribution in [0.4, 0.5) is 0 Å². The molecule has 1 heterocycles. The molecule has 21 heavy (non-hydrogen) atoms. The molecule has 0 spiro atoms. The van der Waals surface area contributed by atoms with Crippen LogP contribution in [-0.2, 0) is 0 Å². The van der Waals surface area contributed by atoms with Gasteiger partial charge in [-0.1, -0.05) is 39.1 Å². The molecule has 0 aliphatic rings. The SMILES string of the molecule is NNC(c1cc2cc(Cl)ccc2o1)c1cc(Cl)ccc1Br. The minimum absolute atomic E-state index is 0.316. The second-order valence-electron chi connectivity index (χ2n) is 4.60. The zero-order valence-corrected chi connectivity index (χ0v) is 13.8. The van der Waals surface area contributed by atoms with Crippen LogP contribution < -0.4 is 11.3 Å². The van der Waals surface area contributed by atoms with Crippen LogP contribution in [0.15, 0.2) is 51.4 Å². The Bertz CT molecular complexity index is 803. The Kier molecular flexibility index (Phi) is 4.24. The van der Waals surface area contributed by atoms with Gasteiger partial charge in [-0.2, -0.15) is 0 Å². The van der Waals surface area contributed by atoms with Crippen molar-refractivity contribution < 1.29 is 4.42 Å². The van der Waals surface area contributed by atoms with E-state index in [0.717, 1.165) is 21.0 Å². The van der Waals surface area contributed by atoms with E-state index >= 15 is 0 Å². The van der Waals surface area contributed by atoms with Crippen LogP contribution in [0.5, 0.6) is 0 Å². The maximum Gasteiger partial charge on any atom is 0.134 e. The zero-order valence-electron chi connectivity index (χ0n) is 10.7. The Morgan fingerprint density at radius 1 is 1.05 bits per heavy atom. The summed E-state index contributed by atoms with van der Waals surface area (Å²) in [5.74, 6) is 6.40. The summed E-state index contributed by atoms with van der Waals surface area (Å²) < 4.78 is 6.76. The Morgan fingerprint density at radius 2 is 1.76 bits per heavy atom. The van der Waals surface area contributed by atoms with Gasteiger partial charge >= 0.3 is 0 Å². The second kappa shape index (κ2) is 5.99. The average Bonchev–Trinajstić information content (AvgIpc) is 2.86. The molecule has 0 saturated carbocycles. The van der Waals surface area contributed by atoms with Crippen molar-refractivity contribution in [2.24, 2.45) is 5.84 Å². The highest BCUT2D eigenvalue weighted by atomic mass is 79.9. The van der Waals surface area contributed by atoms with Crippen molar-refractivity contribution in [2.45, 2.75) is 6.04 Å². The van der Waals surface area contributed by atoms with Gasteiger partial charge in [-0.05, 0) is 48.0 Å². The van der Waals surface area contributed by atoms with Crippen molar-refractivity contribution in [3.8, 4) is 0 Å². The highest BCUT2D eigenvalue weighted by molar-refractivity contribution is 9.10. The van der Waals surface area contributed by atoms with E-state index in [-0.39, 0.29) is 6.04 Å². The number of benzene rings is 2. The molecule has 0 amide bonds. The number of furan rings is 1. The zero-order chi connectivity index (χ0) is 15.0. The van der Waals surface area contributed by atoms with Gasteiger partial charge in [0.1, 0.15) is 17.4 Å². The van der Waals surface area contributed by atoms with Gasteiger partial charge in [0, 0.05) is 19.9 Å². The summed E-state index contributed by atoms with van der Waals surface area (Å²) >= 11 is 15.6. The Labute approximate surface area is 140 Å². The summed E-state index contributed by atoms with van der Waals surface area (Å²) in [7, 11) is 0. The summed E-state index contributed by atoms with van der Waals surface area (Å²) in [6.07, 6.45) is 0. The van der Waals surface area contributed by atoms with E-state index in [9.17, 15) is 0 Å². The van der Waals surface area contributed by atoms with Crippen molar-refractivity contribution in [1.82, 2.24) is 5.43 Å². The standard InChI is InChI=1S/C15H11BrCl2N2O/c16-12-3-1-10(18)7-11(12)15(20-19)14-6-8-5-9(17)2-4-13(8)21-14/h1-7,15,20H,19H2. The Hall–Kier alpha value is -1.04. The molecule has 3 N–H and O–H groups in total. The van der Waals surface area contributed by atoms with Crippen molar-refractivity contribution in [2.75, 3.05) is 0 Å². The summed E-state index contributed by atoms with van der Waals surface area (Å²) in [6, 6.07) is 12.6. The van der Waals surface area contributed by atoms with Crippen LogP contribution in [0.1, 0.15) is 17.4 Å². The predicted octanol–water partition coefficient (Wildman–Crippen LogP) is 5.05. The molecule has 0 saturated heterocycles.